The lowest BCUT2D eigenvalue weighted by Crippen LogP contribution is -2.38. The molecule has 0 heterocycles. The first-order valence-corrected chi connectivity index (χ1v) is 7.24. The van der Waals surface area contributed by atoms with Crippen LogP contribution in [0.2, 0.25) is 5.02 Å². The highest BCUT2D eigenvalue weighted by atomic mass is 35.5. The van der Waals surface area contributed by atoms with Crippen LogP contribution in [0.25, 0.3) is 0 Å². The minimum Gasteiger partial charge on any atom is -0.328 e. The van der Waals surface area contributed by atoms with Crippen LogP contribution in [0.3, 0.4) is 0 Å². The third kappa shape index (κ3) is 3.69. The van der Waals surface area contributed by atoms with Gasteiger partial charge in [-0.15, -0.1) is 0 Å². The van der Waals surface area contributed by atoms with E-state index in [1.807, 2.05) is 7.05 Å². The van der Waals surface area contributed by atoms with E-state index >= 15 is 0 Å². The summed E-state index contributed by atoms with van der Waals surface area (Å²) in [6.07, 6.45) is 4.14. The van der Waals surface area contributed by atoms with Crippen molar-refractivity contribution < 1.29 is 4.92 Å². The van der Waals surface area contributed by atoms with Crippen molar-refractivity contribution in [2.24, 2.45) is 5.73 Å². The third-order valence-electron chi connectivity index (χ3n) is 4.02. The Labute approximate surface area is 123 Å². The Morgan fingerprint density at radius 3 is 2.65 bits per heavy atom. The fourth-order valence-corrected chi connectivity index (χ4v) is 2.99. The number of nitrogens with two attached hydrogens (primary N) is 1. The number of rotatable bonds is 4. The molecule has 0 aromatic heterocycles. The zero-order valence-corrected chi connectivity index (χ0v) is 12.3. The minimum absolute atomic E-state index is 0.133. The van der Waals surface area contributed by atoms with E-state index in [0.717, 1.165) is 25.7 Å². The summed E-state index contributed by atoms with van der Waals surface area (Å²) in [4.78, 5) is 12.9. The number of nitro groups is 1. The molecular formula is C14H20ClN3O2. The molecule has 1 saturated carbocycles. The largest absolute Gasteiger partial charge is 0.328 e. The second kappa shape index (κ2) is 6.52. The Kier molecular flexibility index (Phi) is 4.96. The van der Waals surface area contributed by atoms with Crippen LogP contribution < -0.4 is 5.73 Å². The lowest BCUT2D eigenvalue weighted by molar-refractivity contribution is -0.385. The average molecular weight is 298 g/mol. The molecule has 1 aliphatic carbocycles. The summed E-state index contributed by atoms with van der Waals surface area (Å²) < 4.78 is 0. The van der Waals surface area contributed by atoms with E-state index in [0.29, 0.717) is 29.2 Å². The Bertz CT molecular complexity index is 487. The van der Waals surface area contributed by atoms with Crippen LogP contribution in [0.4, 0.5) is 5.69 Å². The molecule has 1 aliphatic rings. The van der Waals surface area contributed by atoms with E-state index in [-0.39, 0.29) is 10.6 Å². The minimum atomic E-state index is -0.351. The third-order valence-corrected chi connectivity index (χ3v) is 4.26. The highest BCUT2D eigenvalue weighted by molar-refractivity contribution is 6.30. The second-order valence-electron chi connectivity index (χ2n) is 5.51. The Hall–Kier alpha value is -1.17. The quantitative estimate of drug-likeness (QED) is 0.685. The summed E-state index contributed by atoms with van der Waals surface area (Å²) in [5.74, 6) is 0. The van der Waals surface area contributed by atoms with Gasteiger partial charge in [0.25, 0.3) is 5.69 Å². The number of hydrogen-bond donors (Lipinski definition) is 1. The standard InChI is InChI=1S/C14H20ClN3O2/c1-17(13-5-3-12(16)4-6-13)9-10-8-11(15)2-7-14(10)18(19)20/h2,7-8,12-13H,3-6,9,16H2,1H3. The zero-order chi connectivity index (χ0) is 14.7. The number of halogens is 1. The van der Waals surface area contributed by atoms with Crippen molar-refractivity contribution in [1.82, 2.24) is 4.90 Å². The lowest BCUT2D eigenvalue weighted by Gasteiger charge is -2.33. The van der Waals surface area contributed by atoms with Crippen LogP contribution in [-0.4, -0.2) is 29.0 Å². The van der Waals surface area contributed by atoms with E-state index in [2.05, 4.69) is 4.90 Å². The molecule has 0 aliphatic heterocycles. The molecule has 5 nitrogen and oxygen atoms in total. The summed E-state index contributed by atoms with van der Waals surface area (Å²) in [7, 11) is 2.01. The number of benzene rings is 1. The number of hydrogen-bond acceptors (Lipinski definition) is 4. The molecule has 110 valence electrons. The molecule has 0 amide bonds. The van der Waals surface area contributed by atoms with Crippen molar-refractivity contribution in [3.8, 4) is 0 Å². The van der Waals surface area contributed by atoms with Crippen LogP contribution in [0, 0.1) is 10.1 Å². The SMILES string of the molecule is CN(Cc1cc(Cl)ccc1[N+](=O)[O-])C1CCC(N)CC1. The molecule has 0 spiro atoms. The summed E-state index contributed by atoms with van der Waals surface area (Å²) in [5.41, 5.74) is 6.71. The van der Waals surface area contributed by atoms with E-state index in [4.69, 9.17) is 17.3 Å². The molecule has 1 aromatic rings. The van der Waals surface area contributed by atoms with Gasteiger partial charge in [0.2, 0.25) is 0 Å². The summed E-state index contributed by atoms with van der Waals surface area (Å²) in [6, 6.07) is 5.46. The smallest absolute Gasteiger partial charge is 0.273 e. The van der Waals surface area contributed by atoms with Crippen molar-refractivity contribution in [3.05, 3.63) is 38.9 Å². The average Bonchev–Trinajstić information content (AvgIpc) is 2.39. The highest BCUT2D eigenvalue weighted by Gasteiger charge is 2.24. The van der Waals surface area contributed by atoms with Gasteiger partial charge >= 0.3 is 0 Å². The fraction of sp³-hybridized carbons (Fsp3) is 0.571. The van der Waals surface area contributed by atoms with Gasteiger partial charge in [0.05, 0.1) is 4.92 Å². The predicted molar refractivity (Wildman–Crippen MR) is 79.8 cm³/mol. The summed E-state index contributed by atoms with van der Waals surface area (Å²) in [6.45, 7) is 0.538. The zero-order valence-electron chi connectivity index (χ0n) is 11.6. The van der Waals surface area contributed by atoms with Crippen LogP contribution in [0.5, 0.6) is 0 Å². The van der Waals surface area contributed by atoms with Crippen molar-refractivity contribution >= 4 is 17.3 Å². The Balaban J connectivity index is 2.09. The van der Waals surface area contributed by atoms with Crippen LogP contribution >= 0.6 is 11.6 Å². The van der Waals surface area contributed by atoms with Gasteiger partial charge in [-0.2, -0.15) is 0 Å². The van der Waals surface area contributed by atoms with Crippen molar-refractivity contribution in [1.29, 1.82) is 0 Å². The van der Waals surface area contributed by atoms with Gasteiger partial charge in [0.15, 0.2) is 0 Å². The van der Waals surface area contributed by atoms with Gasteiger partial charge in [-0.1, -0.05) is 11.6 Å². The van der Waals surface area contributed by atoms with Gasteiger partial charge < -0.3 is 5.73 Å². The molecule has 2 rings (SSSR count). The topological polar surface area (TPSA) is 72.4 Å². The van der Waals surface area contributed by atoms with E-state index in [9.17, 15) is 10.1 Å². The Morgan fingerprint density at radius 2 is 2.05 bits per heavy atom. The first-order chi connectivity index (χ1) is 9.47. The van der Waals surface area contributed by atoms with Crippen molar-refractivity contribution in [3.63, 3.8) is 0 Å². The summed E-state index contributed by atoms with van der Waals surface area (Å²) >= 11 is 5.95. The number of nitro benzene ring substituents is 1. The summed E-state index contributed by atoms with van der Waals surface area (Å²) in [5, 5.41) is 11.6. The number of nitrogens with zero attached hydrogens (tertiary/aromatic N) is 2. The molecule has 0 radical (unpaired) electrons. The van der Waals surface area contributed by atoms with Gasteiger partial charge in [0, 0.05) is 35.3 Å². The molecule has 2 N–H and O–H groups in total. The molecule has 0 saturated heterocycles. The van der Waals surface area contributed by atoms with Crippen molar-refractivity contribution in [2.75, 3.05) is 7.05 Å². The monoisotopic (exact) mass is 297 g/mol. The van der Waals surface area contributed by atoms with E-state index in [1.54, 1.807) is 12.1 Å². The molecule has 1 aromatic carbocycles. The van der Waals surface area contributed by atoms with Gasteiger partial charge in [-0.05, 0) is 44.9 Å². The van der Waals surface area contributed by atoms with E-state index in [1.165, 1.54) is 6.07 Å². The molecule has 20 heavy (non-hydrogen) atoms. The first-order valence-electron chi connectivity index (χ1n) is 6.86. The normalized spacial score (nSPS) is 23.0. The van der Waals surface area contributed by atoms with E-state index < -0.39 is 0 Å². The maximum Gasteiger partial charge on any atom is 0.273 e. The van der Waals surface area contributed by atoms with Gasteiger partial charge in [-0.3, -0.25) is 15.0 Å². The molecular weight excluding hydrogens is 278 g/mol. The molecule has 0 bridgehead atoms. The van der Waals surface area contributed by atoms with Crippen molar-refractivity contribution in [2.45, 2.75) is 44.3 Å². The maximum absolute atomic E-state index is 11.1. The van der Waals surface area contributed by atoms with Crippen LogP contribution in [0.1, 0.15) is 31.2 Å². The molecule has 0 atom stereocenters. The van der Waals surface area contributed by atoms with Crippen LogP contribution in [0.15, 0.2) is 18.2 Å². The highest BCUT2D eigenvalue weighted by Crippen LogP contribution is 2.27. The fourth-order valence-electron chi connectivity index (χ4n) is 2.80. The van der Waals surface area contributed by atoms with Gasteiger partial charge in [0.1, 0.15) is 0 Å². The molecule has 1 fully saturated rings. The first kappa shape index (κ1) is 15.2. The van der Waals surface area contributed by atoms with Crippen LogP contribution in [-0.2, 0) is 6.54 Å². The predicted octanol–water partition coefficient (Wildman–Crippen LogP) is 2.95. The van der Waals surface area contributed by atoms with Gasteiger partial charge in [-0.25, -0.2) is 0 Å². The second-order valence-corrected chi connectivity index (χ2v) is 5.95. The Morgan fingerprint density at radius 1 is 1.40 bits per heavy atom. The molecule has 0 unspecified atom stereocenters. The lowest BCUT2D eigenvalue weighted by atomic mass is 9.91. The molecule has 6 heteroatoms. The maximum atomic E-state index is 11.1.